The highest BCUT2D eigenvalue weighted by Crippen LogP contribution is 2.30. The zero-order chi connectivity index (χ0) is 19.3. The Balaban J connectivity index is 0.00000392. The van der Waals surface area contributed by atoms with Crippen molar-refractivity contribution >= 4 is 29.9 Å². The Morgan fingerprint density at radius 1 is 1.07 bits per heavy atom. The first kappa shape index (κ1) is 25.0. The Labute approximate surface area is 188 Å². The van der Waals surface area contributed by atoms with Crippen LogP contribution in [0.15, 0.2) is 29.3 Å². The number of nitrogens with zero attached hydrogens (tertiary/aromatic N) is 2. The fourth-order valence-corrected chi connectivity index (χ4v) is 2.97. The van der Waals surface area contributed by atoms with Gasteiger partial charge in [-0.3, -0.25) is 4.99 Å². The van der Waals surface area contributed by atoms with E-state index >= 15 is 0 Å². The van der Waals surface area contributed by atoms with Crippen molar-refractivity contribution in [2.75, 3.05) is 40.8 Å². The molecule has 1 aromatic rings. The highest BCUT2D eigenvalue weighted by Gasteiger charge is 2.22. The Bertz CT molecular complexity index is 561. The van der Waals surface area contributed by atoms with Crippen LogP contribution in [0.3, 0.4) is 0 Å². The fourth-order valence-electron chi connectivity index (χ4n) is 2.97. The zero-order valence-corrected chi connectivity index (χ0v) is 20.2. The van der Waals surface area contributed by atoms with Gasteiger partial charge < -0.3 is 20.3 Å². The van der Waals surface area contributed by atoms with Crippen LogP contribution >= 0.6 is 24.0 Å². The first-order valence-corrected chi connectivity index (χ1v) is 10.5. The molecule has 0 unspecified atom stereocenters. The molecule has 0 amide bonds. The summed E-state index contributed by atoms with van der Waals surface area (Å²) in [5.41, 5.74) is 1.18. The molecular weight excluding hydrogens is 463 g/mol. The lowest BCUT2D eigenvalue weighted by Gasteiger charge is -2.15. The van der Waals surface area contributed by atoms with Crippen LogP contribution in [-0.2, 0) is 6.54 Å². The molecule has 0 heterocycles. The van der Waals surface area contributed by atoms with Crippen LogP contribution in [0.1, 0.15) is 50.5 Å². The van der Waals surface area contributed by atoms with Crippen molar-refractivity contribution in [3.8, 4) is 5.75 Å². The molecule has 0 bridgehead atoms. The maximum atomic E-state index is 5.98. The molecule has 1 saturated carbocycles. The zero-order valence-electron chi connectivity index (χ0n) is 17.9. The number of unbranched alkanes of at least 4 members (excludes halogenated alkanes) is 4. The number of halogens is 1. The average Bonchev–Trinajstić information content (AvgIpc) is 3.49. The number of para-hydroxylation sites is 1. The average molecular weight is 502 g/mol. The number of hydrogen-bond acceptors (Lipinski definition) is 3. The minimum absolute atomic E-state index is 0. The summed E-state index contributed by atoms with van der Waals surface area (Å²) in [7, 11) is 6.10. The summed E-state index contributed by atoms with van der Waals surface area (Å²) in [6.45, 7) is 3.73. The Hall–Kier alpha value is -1.02. The highest BCUT2D eigenvalue weighted by molar-refractivity contribution is 14.0. The summed E-state index contributed by atoms with van der Waals surface area (Å²) in [5.74, 6) is 2.62. The molecule has 0 aliphatic heterocycles. The SMILES string of the molecule is CN=C(NCCCCCCCN(C)C)NCc1ccccc1OCC1CC1.I. The van der Waals surface area contributed by atoms with Crippen molar-refractivity contribution in [3.63, 3.8) is 0 Å². The van der Waals surface area contributed by atoms with E-state index in [1.807, 2.05) is 13.1 Å². The van der Waals surface area contributed by atoms with Crippen molar-refractivity contribution in [2.45, 2.75) is 51.5 Å². The largest absolute Gasteiger partial charge is 0.493 e. The standard InChI is InChI=1S/C22H38N4O.HI/c1-23-22(24-15-9-5-4-6-10-16-26(2)3)25-17-20-11-7-8-12-21(20)27-18-19-13-14-19;/h7-8,11-12,19H,4-6,9-10,13-18H2,1-3H3,(H2,23,24,25);1H. The van der Waals surface area contributed by atoms with Gasteiger partial charge in [0, 0.05) is 25.7 Å². The third kappa shape index (κ3) is 11.1. The van der Waals surface area contributed by atoms with Gasteiger partial charge >= 0.3 is 0 Å². The van der Waals surface area contributed by atoms with E-state index in [4.69, 9.17) is 4.74 Å². The predicted molar refractivity (Wildman–Crippen MR) is 130 cm³/mol. The number of ether oxygens (including phenoxy) is 1. The molecule has 6 heteroatoms. The molecule has 2 N–H and O–H groups in total. The van der Waals surface area contributed by atoms with Crippen LogP contribution in [0.25, 0.3) is 0 Å². The first-order chi connectivity index (χ1) is 13.2. The fraction of sp³-hybridized carbons (Fsp3) is 0.682. The Morgan fingerprint density at radius 3 is 2.50 bits per heavy atom. The topological polar surface area (TPSA) is 48.9 Å². The van der Waals surface area contributed by atoms with Crippen LogP contribution in [-0.4, -0.2) is 51.7 Å². The van der Waals surface area contributed by atoms with E-state index in [0.717, 1.165) is 37.3 Å². The van der Waals surface area contributed by atoms with Gasteiger partial charge in [-0.25, -0.2) is 0 Å². The predicted octanol–water partition coefficient (Wildman–Crippen LogP) is 4.27. The molecule has 1 fully saturated rings. The van der Waals surface area contributed by atoms with Crippen molar-refractivity contribution in [3.05, 3.63) is 29.8 Å². The van der Waals surface area contributed by atoms with Gasteiger partial charge in [-0.15, -0.1) is 24.0 Å². The van der Waals surface area contributed by atoms with Gasteiger partial charge in [0.15, 0.2) is 5.96 Å². The minimum atomic E-state index is 0. The summed E-state index contributed by atoms with van der Waals surface area (Å²) in [5, 5.41) is 6.82. The molecule has 0 atom stereocenters. The van der Waals surface area contributed by atoms with E-state index in [0.29, 0.717) is 0 Å². The molecule has 160 valence electrons. The van der Waals surface area contributed by atoms with E-state index < -0.39 is 0 Å². The summed E-state index contributed by atoms with van der Waals surface area (Å²) < 4.78 is 5.98. The lowest BCUT2D eigenvalue weighted by atomic mass is 10.1. The van der Waals surface area contributed by atoms with Gasteiger partial charge in [0.05, 0.1) is 6.61 Å². The number of nitrogens with one attached hydrogen (secondary N) is 2. The van der Waals surface area contributed by atoms with Gasteiger partial charge in [0.25, 0.3) is 0 Å². The second-order valence-electron chi connectivity index (χ2n) is 7.79. The monoisotopic (exact) mass is 502 g/mol. The molecule has 1 aliphatic rings. The van der Waals surface area contributed by atoms with Gasteiger partial charge in [0.2, 0.25) is 0 Å². The van der Waals surface area contributed by atoms with E-state index in [1.165, 1.54) is 57.1 Å². The van der Waals surface area contributed by atoms with E-state index in [2.05, 4.69) is 52.8 Å². The summed E-state index contributed by atoms with van der Waals surface area (Å²) >= 11 is 0. The van der Waals surface area contributed by atoms with Crippen LogP contribution in [0.5, 0.6) is 5.75 Å². The summed E-state index contributed by atoms with van der Waals surface area (Å²) in [4.78, 5) is 6.59. The van der Waals surface area contributed by atoms with Crippen molar-refractivity contribution < 1.29 is 4.74 Å². The number of benzene rings is 1. The Kier molecular flexibility index (Phi) is 13.3. The number of hydrogen-bond donors (Lipinski definition) is 2. The second kappa shape index (κ2) is 14.9. The smallest absolute Gasteiger partial charge is 0.191 e. The van der Waals surface area contributed by atoms with E-state index in [-0.39, 0.29) is 24.0 Å². The molecule has 0 spiro atoms. The molecule has 2 rings (SSSR count). The van der Waals surface area contributed by atoms with Crippen LogP contribution in [0, 0.1) is 5.92 Å². The van der Waals surface area contributed by atoms with Crippen LogP contribution < -0.4 is 15.4 Å². The van der Waals surface area contributed by atoms with Crippen molar-refractivity contribution in [1.82, 2.24) is 15.5 Å². The minimum Gasteiger partial charge on any atom is -0.493 e. The van der Waals surface area contributed by atoms with E-state index in [1.54, 1.807) is 0 Å². The lowest BCUT2D eigenvalue weighted by molar-refractivity contribution is 0.296. The summed E-state index contributed by atoms with van der Waals surface area (Å²) in [6.07, 6.45) is 9.01. The first-order valence-electron chi connectivity index (χ1n) is 10.5. The molecular formula is C22H39IN4O. The Morgan fingerprint density at radius 2 is 1.79 bits per heavy atom. The van der Waals surface area contributed by atoms with Crippen LogP contribution in [0.4, 0.5) is 0 Å². The third-order valence-corrected chi connectivity index (χ3v) is 4.89. The maximum Gasteiger partial charge on any atom is 0.191 e. The van der Waals surface area contributed by atoms with Crippen LogP contribution in [0.2, 0.25) is 0 Å². The lowest BCUT2D eigenvalue weighted by Crippen LogP contribution is -2.37. The molecule has 0 saturated heterocycles. The molecule has 0 aromatic heterocycles. The van der Waals surface area contributed by atoms with Gasteiger partial charge in [-0.05, 0) is 58.3 Å². The number of aliphatic imine (C=N–C) groups is 1. The normalized spacial score (nSPS) is 13.9. The van der Waals surface area contributed by atoms with Gasteiger partial charge in [-0.2, -0.15) is 0 Å². The molecule has 1 aromatic carbocycles. The molecule has 5 nitrogen and oxygen atoms in total. The van der Waals surface area contributed by atoms with Crippen molar-refractivity contribution in [2.24, 2.45) is 10.9 Å². The maximum absolute atomic E-state index is 5.98. The molecule has 28 heavy (non-hydrogen) atoms. The second-order valence-corrected chi connectivity index (χ2v) is 7.79. The third-order valence-electron chi connectivity index (χ3n) is 4.89. The molecule has 0 radical (unpaired) electrons. The van der Waals surface area contributed by atoms with Gasteiger partial charge in [-0.1, -0.05) is 37.5 Å². The summed E-state index contributed by atoms with van der Waals surface area (Å²) in [6, 6.07) is 8.28. The molecule has 1 aliphatic carbocycles. The highest BCUT2D eigenvalue weighted by atomic mass is 127. The van der Waals surface area contributed by atoms with E-state index in [9.17, 15) is 0 Å². The number of guanidine groups is 1. The van der Waals surface area contributed by atoms with Gasteiger partial charge in [0.1, 0.15) is 5.75 Å². The van der Waals surface area contributed by atoms with Crippen molar-refractivity contribution in [1.29, 1.82) is 0 Å². The quantitative estimate of drug-likeness (QED) is 0.183. The number of rotatable bonds is 13.